The van der Waals surface area contributed by atoms with Crippen LogP contribution >= 0.6 is 0 Å². The SMILES string of the molecule is Cc1cc(C)n(-c2ccc(CCNC(=O)C(C)NC(=O)OC(C)(C)C)cc2)n1. The van der Waals surface area contributed by atoms with Gasteiger partial charge in [0.15, 0.2) is 0 Å². The number of aryl methyl sites for hydroxylation is 2. The van der Waals surface area contributed by atoms with E-state index in [-0.39, 0.29) is 5.91 Å². The molecule has 0 bridgehead atoms. The standard InChI is InChI=1S/C21H30N4O3/c1-14-13-15(2)25(24-14)18-9-7-17(8-10-18)11-12-22-19(26)16(3)23-20(27)28-21(4,5)6/h7-10,13,16H,11-12H2,1-6H3,(H,22,26)(H,23,27). The van der Waals surface area contributed by atoms with Crippen molar-refractivity contribution in [2.24, 2.45) is 0 Å². The van der Waals surface area contributed by atoms with E-state index in [0.29, 0.717) is 13.0 Å². The number of hydrogen-bond donors (Lipinski definition) is 2. The molecule has 7 heteroatoms. The average Bonchev–Trinajstić information content (AvgIpc) is 2.92. The number of ether oxygens (including phenoxy) is 1. The van der Waals surface area contributed by atoms with Gasteiger partial charge in [-0.2, -0.15) is 5.10 Å². The zero-order valence-corrected chi connectivity index (χ0v) is 17.5. The molecule has 152 valence electrons. The maximum Gasteiger partial charge on any atom is 0.408 e. The van der Waals surface area contributed by atoms with Gasteiger partial charge in [0.2, 0.25) is 5.91 Å². The van der Waals surface area contributed by atoms with Gasteiger partial charge < -0.3 is 15.4 Å². The third kappa shape index (κ3) is 6.40. The fourth-order valence-corrected chi connectivity index (χ4v) is 2.73. The Balaban J connectivity index is 1.80. The zero-order chi connectivity index (χ0) is 20.9. The van der Waals surface area contributed by atoms with E-state index in [9.17, 15) is 9.59 Å². The Kier molecular flexibility index (Phi) is 6.83. The van der Waals surface area contributed by atoms with E-state index >= 15 is 0 Å². The zero-order valence-electron chi connectivity index (χ0n) is 17.5. The minimum atomic E-state index is -0.664. The molecule has 0 saturated heterocycles. The number of benzene rings is 1. The smallest absolute Gasteiger partial charge is 0.408 e. The highest BCUT2D eigenvalue weighted by atomic mass is 16.6. The van der Waals surface area contributed by atoms with Crippen LogP contribution in [0.4, 0.5) is 4.79 Å². The van der Waals surface area contributed by atoms with Crippen molar-refractivity contribution in [3.05, 3.63) is 47.3 Å². The molecule has 0 aliphatic carbocycles. The highest BCUT2D eigenvalue weighted by Gasteiger charge is 2.20. The van der Waals surface area contributed by atoms with Crippen LogP contribution in [0.1, 0.15) is 44.6 Å². The van der Waals surface area contributed by atoms with Crippen LogP contribution in [0.5, 0.6) is 0 Å². The summed E-state index contributed by atoms with van der Waals surface area (Å²) in [6.45, 7) is 11.4. The summed E-state index contributed by atoms with van der Waals surface area (Å²) >= 11 is 0. The van der Waals surface area contributed by atoms with Crippen molar-refractivity contribution >= 4 is 12.0 Å². The minimum absolute atomic E-state index is 0.245. The molecule has 1 aromatic carbocycles. The molecule has 2 amide bonds. The number of aromatic nitrogens is 2. The number of hydrogen-bond acceptors (Lipinski definition) is 4. The normalized spacial score (nSPS) is 12.4. The van der Waals surface area contributed by atoms with Crippen molar-refractivity contribution in [3.63, 3.8) is 0 Å². The van der Waals surface area contributed by atoms with Crippen molar-refractivity contribution < 1.29 is 14.3 Å². The fraction of sp³-hybridized carbons (Fsp3) is 0.476. The first-order valence-electron chi connectivity index (χ1n) is 9.45. The van der Waals surface area contributed by atoms with Crippen LogP contribution in [0, 0.1) is 13.8 Å². The molecule has 0 aliphatic heterocycles. The van der Waals surface area contributed by atoms with Gasteiger partial charge in [-0.05, 0) is 71.7 Å². The summed E-state index contributed by atoms with van der Waals surface area (Å²) in [5, 5.41) is 9.84. The molecule has 1 atom stereocenters. The summed E-state index contributed by atoms with van der Waals surface area (Å²) in [6, 6.07) is 9.46. The molecule has 7 nitrogen and oxygen atoms in total. The topological polar surface area (TPSA) is 85.2 Å². The van der Waals surface area contributed by atoms with Crippen molar-refractivity contribution in [1.82, 2.24) is 20.4 Å². The lowest BCUT2D eigenvalue weighted by Gasteiger charge is -2.21. The summed E-state index contributed by atoms with van der Waals surface area (Å²) in [6.07, 6.45) is 0.0948. The number of rotatable bonds is 6. The van der Waals surface area contributed by atoms with Gasteiger partial charge in [0.05, 0.1) is 11.4 Å². The number of carbonyl (C=O) groups excluding carboxylic acids is 2. The predicted octanol–water partition coefficient (Wildman–Crippen LogP) is 3.06. The molecule has 0 aliphatic rings. The van der Waals surface area contributed by atoms with E-state index in [0.717, 1.165) is 22.6 Å². The number of amides is 2. The Morgan fingerprint density at radius 2 is 1.82 bits per heavy atom. The number of carbonyl (C=O) groups is 2. The lowest BCUT2D eigenvalue weighted by molar-refractivity contribution is -0.122. The van der Waals surface area contributed by atoms with Gasteiger partial charge >= 0.3 is 6.09 Å². The molecular weight excluding hydrogens is 356 g/mol. The summed E-state index contributed by atoms with van der Waals surface area (Å²) in [7, 11) is 0. The van der Waals surface area contributed by atoms with Crippen LogP contribution in [-0.2, 0) is 16.0 Å². The van der Waals surface area contributed by atoms with Gasteiger partial charge in [0.1, 0.15) is 11.6 Å². The highest BCUT2D eigenvalue weighted by Crippen LogP contribution is 2.13. The summed E-state index contributed by atoms with van der Waals surface area (Å²) in [4.78, 5) is 23.8. The van der Waals surface area contributed by atoms with Gasteiger partial charge in [-0.15, -0.1) is 0 Å². The fourth-order valence-electron chi connectivity index (χ4n) is 2.73. The van der Waals surface area contributed by atoms with Crippen molar-refractivity contribution in [3.8, 4) is 5.69 Å². The van der Waals surface area contributed by atoms with Crippen molar-refractivity contribution in [1.29, 1.82) is 0 Å². The molecule has 2 aromatic rings. The van der Waals surface area contributed by atoms with Gasteiger partial charge in [-0.3, -0.25) is 4.79 Å². The lowest BCUT2D eigenvalue weighted by Crippen LogP contribution is -2.46. The summed E-state index contributed by atoms with van der Waals surface area (Å²) in [5.41, 5.74) is 3.59. The van der Waals surface area contributed by atoms with E-state index in [1.165, 1.54) is 0 Å². The van der Waals surface area contributed by atoms with Crippen molar-refractivity contribution in [2.45, 2.75) is 59.6 Å². The Hall–Kier alpha value is -2.83. The number of nitrogens with zero attached hydrogens (tertiary/aromatic N) is 2. The van der Waals surface area contributed by atoms with E-state index in [4.69, 9.17) is 4.74 Å². The van der Waals surface area contributed by atoms with Crippen LogP contribution in [0.2, 0.25) is 0 Å². The monoisotopic (exact) mass is 386 g/mol. The molecule has 2 N–H and O–H groups in total. The molecule has 1 aromatic heterocycles. The summed E-state index contributed by atoms with van der Waals surface area (Å²) in [5.74, 6) is -0.245. The van der Waals surface area contributed by atoms with Gasteiger partial charge in [0.25, 0.3) is 0 Å². The Bertz CT molecular complexity index is 819. The van der Waals surface area contributed by atoms with Crippen molar-refractivity contribution in [2.75, 3.05) is 6.54 Å². The van der Waals surface area contributed by atoms with E-state index in [1.54, 1.807) is 27.7 Å². The third-order valence-electron chi connectivity index (χ3n) is 4.03. The largest absolute Gasteiger partial charge is 0.444 e. The van der Waals surface area contributed by atoms with Gasteiger partial charge in [-0.1, -0.05) is 12.1 Å². The second kappa shape index (κ2) is 8.91. The first kappa shape index (κ1) is 21.5. The van der Waals surface area contributed by atoms with E-state index < -0.39 is 17.7 Å². The minimum Gasteiger partial charge on any atom is -0.444 e. The van der Waals surface area contributed by atoms with Crippen LogP contribution in [-0.4, -0.2) is 40.0 Å². The predicted molar refractivity (Wildman–Crippen MR) is 109 cm³/mol. The maximum atomic E-state index is 12.1. The molecule has 1 unspecified atom stereocenters. The van der Waals surface area contributed by atoms with Gasteiger partial charge in [0, 0.05) is 12.2 Å². The second-order valence-electron chi connectivity index (χ2n) is 7.91. The number of alkyl carbamates (subject to hydrolysis) is 1. The molecule has 0 spiro atoms. The number of nitrogens with one attached hydrogen (secondary N) is 2. The van der Waals surface area contributed by atoms with Gasteiger partial charge in [-0.25, -0.2) is 9.48 Å². The Labute approximate surface area is 166 Å². The van der Waals surface area contributed by atoms with Crippen LogP contribution in [0.3, 0.4) is 0 Å². The maximum absolute atomic E-state index is 12.1. The first-order valence-corrected chi connectivity index (χ1v) is 9.45. The lowest BCUT2D eigenvalue weighted by atomic mass is 10.1. The molecule has 0 saturated carbocycles. The molecular formula is C21H30N4O3. The summed E-state index contributed by atoms with van der Waals surface area (Å²) < 4.78 is 7.06. The third-order valence-corrected chi connectivity index (χ3v) is 4.03. The van der Waals surface area contributed by atoms with E-state index in [2.05, 4.69) is 15.7 Å². The van der Waals surface area contributed by atoms with E-state index in [1.807, 2.05) is 48.9 Å². The highest BCUT2D eigenvalue weighted by molar-refractivity contribution is 5.85. The molecule has 2 rings (SSSR count). The first-order chi connectivity index (χ1) is 13.0. The molecule has 1 heterocycles. The quantitative estimate of drug-likeness (QED) is 0.799. The second-order valence-corrected chi connectivity index (χ2v) is 7.91. The van der Waals surface area contributed by atoms with Crippen LogP contribution < -0.4 is 10.6 Å². The molecule has 0 radical (unpaired) electrons. The Morgan fingerprint density at radius 1 is 1.18 bits per heavy atom. The Morgan fingerprint density at radius 3 is 2.36 bits per heavy atom. The van der Waals surface area contributed by atoms with Crippen LogP contribution in [0.15, 0.2) is 30.3 Å². The van der Waals surface area contributed by atoms with Crippen LogP contribution in [0.25, 0.3) is 5.69 Å². The molecule has 28 heavy (non-hydrogen) atoms. The average molecular weight is 386 g/mol. The molecule has 0 fully saturated rings.